The zero-order valence-electron chi connectivity index (χ0n) is 12.7. The first kappa shape index (κ1) is 14.9. The van der Waals surface area contributed by atoms with E-state index in [0.717, 1.165) is 16.7 Å². The Morgan fingerprint density at radius 2 is 2.05 bits per heavy atom. The fraction of sp³-hybridized carbons (Fsp3) is 0.235. The van der Waals surface area contributed by atoms with E-state index in [1.807, 2.05) is 18.2 Å². The van der Waals surface area contributed by atoms with Crippen molar-refractivity contribution in [1.29, 1.82) is 0 Å². The molecule has 0 bridgehead atoms. The maximum absolute atomic E-state index is 12.6. The van der Waals surface area contributed by atoms with E-state index >= 15 is 0 Å². The van der Waals surface area contributed by atoms with Gasteiger partial charge in [0.2, 0.25) is 0 Å². The number of carbonyl (C=O) groups excluding carboxylic acids is 1. The molecule has 0 aliphatic rings. The lowest BCUT2D eigenvalue weighted by Gasteiger charge is -2.14. The van der Waals surface area contributed by atoms with Gasteiger partial charge in [-0.15, -0.1) is 0 Å². The number of benzene rings is 1. The Labute approximate surface area is 137 Å². The van der Waals surface area contributed by atoms with Crippen LogP contribution in [0.4, 0.5) is 0 Å². The predicted octanol–water partition coefficient (Wildman–Crippen LogP) is 4.41. The molecule has 1 amide bonds. The number of rotatable bonds is 3. The van der Waals surface area contributed by atoms with Gasteiger partial charge in [-0.3, -0.25) is 4.79 Å². The molecule has 0 spiro atoms. The highest BCUT2D eigenvalue weighted by Gasteiger charge is 2.16. The lowest BCUT2D eigenvalue weighted by molar-refractivity contribution is 0.0770. The average Bonchev–Trinajstić information content (AvgIpc) is 3.04. The number of carbonyl (C=O) groups is 1. The van der Waals surface area contributed by atoms with Crippen LogP contribution < -0.4 is 0 Å². The fourth-order valence-electron chi connectivity index (χ4n) is 2.66. The van der Waals surface area contributed by atoms with Crippen molar-refractivity contribution in [2.24, 2.45) is 0 Å². The van der Waals surface area contributed by atoms with Crippen LogP contribution in [0.25, 0.3) is 10.9 Å². The molecule has 4 nitrogen and oxygen atoms in total. The molecule has 1 N–H and O–H groups in total. The molecule has 0 fully saturated rings. The van der Waals surface area contributed by atoms with Crippen LogP contribution >= 0.6 is 15.9 Å². The largest absolute Gasteiger partial charge is 0.452 e. The molecule has 3 aromatic rings. The van der Waals surface area contributed by atoms with E-state index < -0.39 is 0 Å². The van der Waals surface area contributed by atoms with Gasteiger partial charge < -0.3 is 14.3 Å². The van der Waals surface area contributed by atoms with Gasteiger partial charge in [0.25, 0.3) is 5.91 Å². The third-order valence-electron chi connectivity index (χ3n) is 3.69. The van der Waals surface area contributed by atoms with Crippen molar-refractivity contribution in [3.05, 3.63) is 57.6 Å². The highest BCUT2D eigenvalue weighted by Crippen LogP contribution is 2.22. The third kappa shape index (κ3) is 2.81. The number of amides is 1. The molecule has 114 valence electrons. The van der Waals surface area contributed by atoms with Crippen LogP contribution in [0, 0.1) is 13.8 Å². The van der Waals surface area contributed by atoms with Gasteiger partial charge in [-0.1, -0.05) is 6.07 Å². The quantitative estimate of drug-likeness (QED) is 0.751. The number of halogens is 1. The number of furan rings is 1. The number of nitrogens with zero attached hydrogens (tertiary/aromatic N) is 1. The minimum atomic E-state index is -0.0548. The third-order valence-corrected chi connectivity index (χ3v) is 4.11. The van der Waals surface area contributed by atoms with Gasteiger partial charge in [0.1, 0.15) is 11.5 Å². The van der Waals surface area contributed by atoms with Gasteiger partial charge in [-0.25, -0.2) is 0 Å². The zero-order valence-corrected chi connectivity index (χ0v) is 14.3. The lowest BCUT2D eigenvalue weighted by atomic mass is 10.1. The van der Waals surface area contributed by atoms with Crippen molar-refractivity contribution in [3.8, 4) is 0 Å². The van der Waals surface area contributed by atoms with Crippen molar-refractivity contribution < 1.29 is 9.21 Å². The highest BCUT2D eigenvalue weighted by molar-refractivity contribution is 9.10. The molecule has 0 aliphatic heterocycles. The van der Waals surface area contributed by atoms with Crippen LogP contribution in [0.15, 0.2) is 39.4 Å². The van der Waals surface area contributed by atoms with Crippen LogP contribution in [0.2, 0.25) is 0 Å². The van der Waals surface area contributed by atoms with Crippen LogP contribution in [0.3, 0.4) is 0 Å². The second kappa shape index (κ2) is 5.65. The highest BCUT2D eigenvalue weighted by atomic mass is 79.9. The summed E-state index contributed by atoms with van der Waals surface area (Å²) < 4.78 is 6.11. The first-order valence-corrected chi connectivity index (χ1v) is 7.83. The first-order valence-electron chi connectivity index (χ1n) is 7.03. The number of H-pyrrole nitrogens is 1. The van der Waals surface area contributed by atoms with Gasteiger partial charge in [-0.05, 0) is 65.2 Å². The van der Waals surface area contributed by atoms with Crippen molar-refractivity contribution >= 4 is 32.7 Å². The molecule has 5 heteroatoms. The number of hydrogen-bond donors (Lipinski definition) is 1. The summed E-state index contributed by atoms with van der Waals surface area (Å²) in [7, 11) is 1.77. The molecule has 0 saturated carbocycles. The molecule has 0 unspecified atom stereocenters. The van der Waals surface area contributed by atoms with Crippen LogP contribution in [-0.2, 0) is 6.54 Å². The SMILES string of the molecule is Cc1cc(C)c2cc(C(=O)N(C)Cc3ccc(Br)o3)[nH]c2c1. The molecule has 0 atom stereocenters. The summed E-state index contributed by atoms with van der Waals surface area (Å²) >= 11 is 3.27. The fourth-order valence-corrected chi connectivity index (χ4v) is 3.00. The number of hydrogen-bond acceptors (Lipinski definition) is 2. The van der Waals surface area contributed by atoms with Gasteiger partial charge in [0, 0.05) is 18.0 Å². The Morgan fingerprint density at radius 3 is 2.73 bits per heavy atom. The second-order valence-electron chi connectivity index (χ2n) is 5.59. The summed E-state index contributed by atoms with van der Waals surface area (Å²) in [5.74, 6) is 0.687. The zero-order chi connectivity index (χ0) is 15.9. The van der Waals surface area contributed by atoms with Gasteiger partial charge >= 0.3 is 0 Å². The van der Waals surface area contributed by atoms with Gasteiger partial charge in [0.05, 0.1) is 6.54 Å². The van der Waals surface area contributed by atoms with E-state index in [2.05, 4.69) is 46.9 Å². The first-order chi connectivity index (χ1) is 10.4. The minimum absolute atomic E-state index is 0.0548. The van der Waals surface area contributed by atoms with E-state index in [1.54, 1.807) is 11.9 Å². The van der Waals surface area contributed by atoms with Crippen molar-refractivity contribution in [2.45, 2.75) is 20.4 Å². The number of aryl methyl sites for hydroxylation is 2. The standard InChI is InChI=1S/C17H17BrN2O2/c1-10-6-11(2)13-8-15(19-14(13)7-10)17(21)20(3)9-12-4-5-16(18)22-12/h4-8,19H,9H2,1-3H3. The van der Waals surface area contributed by atoms with Crippen molar-refractivity contribution in [1.82, 2.24) is 9.88 Å². The summed E-state index contributed by atoms with van der Waals surface area (Å²) in [6.07, 6.45) is 0. The summed E-state index contributed by atoms with van der Waals surface area (Å²) in [5.41, 5.74) is 3.94. The van der Waals surface area contributed by atoms with Crippen LogP contribution in [-0.4, -0.2) is 22.8 Å². The number of fused-ring (bicyclic) bond motifs is 1. The molecular weight excluding hydrogens is 344 g/mol. The Kier molecular flexibility index (Phi) is 3.83. The molecule has 0 radical (unpaired) electrons. The van der Waals surface area contributed by atoms with Gasteiger partial charge in [0.15, 0.2) is 4.67 Å². The van der Waals surface area contributed by atoms with E-state index in [9.17, 15) is 4.79 Å². The number of nitrogens with one attached hydrogen (secondary N) is 1. The van der Waals surface area contributed by atoms with Crippen molar-refractivity contribution in [2.75, 3.05) is 7.05 Å². The topological polar surface area (TPSA) is 49.2 Å². The number of aromatic nitrogens is 1. The molecule has 2 heterocycles. The summed E-state index contributed by atoms with van der Waals surface area (Å²) in [6, 6.07) is 9.77. The molecule has 3 rings (SSSR count). The lowest BCUT2D eigenvalue weighted by Crippen LogP contribution is -2.26. The molecule has 0 saturated heterocycles. The molecule has 2 aromatic heterocycles. The Balaban J connectivity index is 1.86. The van der Waals surface area contributed by atoms with E-state index in [0.29, 0.717) is 16.9 Å². The Bertz CT molecular complexity index is 848. The molecule has 22 heavy (non-hydrogen) atoms. The maximum Gasteiger partial charge on any atom is 0.270 e. The Morgan fingerprint density at radius 1 is 1.27 bits per heavy atom. The van der Waals surface area contributed by atoms with Gasteiger partial charge in [-0.2, -0.15) is 0 Å². The Hall–Kier alpha value is -2.01. The van der Waals surface area contributed by atoms with E-state index in [1.165, 1.54) is 11.1 Å². The molecular formula is C17H17BrN2O2. The summed E-state index contributed by atoms with van der Waals surface area (Å²) in [4.78, 5) is 17.4. The average molecular weight is 361 g/mol. The van der Waals surface area contributed by atoms with Crippen molar-refractivity contribution in [3.63, 3.8) is 0 Å². The number of aromatic amines is 1. The summed E-state index contributed by atoms with van der Waals surface area (Å²) in [5, 5.41) is 1.09. The predicted molar refractivity (Wildman–Crippen MR) is 90.0 cm³/mol. The normalized spacial score (nSPS) is 11.1. The monoisotopic (exact) mass is 360 g/mol. The van der Waals surface area contributed by atoms with Crippen LogP contribution in [0.5, 0.6) is 0 Å². The molecule has 0 aliphatic carbocycles. The smallest absolute Gasteiger partial charge is 0.270 e. The van der Waals surface area contributed by atoms with E-state index in [4.69, 9.17) is 4.42 Å². The molecule has 1 aromatic carbocycles. The maximum atomic E-state index is 12.6. The summed E-state index contributed by atoms with van der Waals surface area (Å²) in [6.45, 7) is 4.54. The second-order valence-corrected chi connectivity index (χ2v) is 6.37. The van der Waals surface area contributed by atoms with Crippen LogP contribution in [0.1, 0.15) is 27.4 Å². The van der Waals surface area contributed by atoms with E-state index in [-0.39, 0.29) is 5.91 Å². The minimum Gasteiger partial charge on any atom is -0.452 e.